The van der Waals surface area contributed by atoms with Crippen LogP contribution in [0.15, 0.2) is 54.7 Å². The number of benzene rings is 1. The first-order valence-electron chi connectivity index (χ1n) is 7.72. The molecule has 3 rings (SSSR count). The summed E-state index contributed by atoms with van der Waals surface area (Å²) in [6.07, 6.45) is 1.51. The number of carbonyl (C=O) groups excluding carboxylic acids is 1. The Balaban J connectivity index is 1.71. The molecule has 2 atom stereocenters. The van der Waals surface area contributed by atoms with E-state index in [1.54, 1.807) is 16.7 Å². The van der Waals surface area contributed by atoms with Crippen molar-refractivity contribution >= 4 is 23.2 Å². The minimum absolute atomic E-state index is 0.162. The summed E-state index contributed by atoms with van der Waals surface area (Å²) >= 11 is 6.11. The largest absolute Gasteiger partial charge is 0.388 e. The van der Waals surface area contributed by atoms with Gasteiger partial charge in [0.25, 0.3) is 5.91 Å². The third-order valence-corrected chi connectivity index (χ3v) is 4.10. The van der Waals surface area contributed by atoms with Crippen molar-refractivity contribution in [3.05, 3.63) is 71.1 Å². The highest BCUT2D eigenvalue weighted by Crippen LogP contribution is 2.20. The number of aromatic nitrogens is 2. The number of pyridine rings is 1. The predicted molar refractivity (Wildman–Crippen MR) is 93.1 cm³/mol. The molecule has 2 unspecified atom stereocenters. The average Bonchev–Trinajstić information content (AvgIpc) is 2.91. The number of fused-ring (bicyclic) bond motifs is 1. The minimum Gasteiger partial charge on any atom is -0.388 e. The number of halogens is 1. The predicted octanol–water partition coefficient (Wildman–Crippen LogP) is 3.23. The fraction of sp³-hybridized carbons (Fsp3) is 0.222. The molecule has 124 valence electrons. The van der Waals surface area contributed by atoms with Crippen molar-refractivity contribution < 1.29 is 9.90 Å². The van der Waals surface area contributed by atoms with E-state index in [1.807, 2.05) is 49.4 Å². The van der Waals surface area contributed by atoms with Crippen molar-refractivity contribution in [3.8, 4) is 0 Å². The first kappa shape index (κ1) is 16.5. The zero-order valence-electron chi connectivity index (χ0n) is 13.2. The average molecular weight is 344 g/mol. The molecule has 0 bridgehead atoms. The van der Waals surface area contributed by atoms with Gasteiger partial charge in [0.15, 0.2) is 10.8 Å². The molecule has 0 spiro atoms. The Bertz CT molecular complexity index is 848. The smallest absolute Gasteiger partial charge is 0.271 e. The normalized spacial score (nSPS) is 13.6. The second-order valence-electron chi connectivity index (χ2n) is 5.72. The highest BCUT2D eigenvalue weighted by atomic mass is 35.5. The van der Waals surface area contributed by atoms with Gasteiger partial charge in [-0.25, -0.2) is 4.98 Å². The Morgan fingerprint density at radius 1 is 1.25 bits per heavy atom. The number of hydrogen-bond donors (Lipinski definition) is 2. The third kappa shape index (κ3) is 3.42. The molecular formula is C18H18ClN3O2. The minimum atomic E-state index is -0.640. The standard InChI is InChI=1S/C18H18ClN3O2/c1-12(11-14(23)13-7-3-2-4-8-13)20-18(24)16-17(19)21-15-9-5-6-10-22(15)16/h2-10,12,14,23H,11H2,1H3,(H,20,24). The number of hydrogen-bond acceptors (Lipinski definition) is 3. The Morgan fingerprint density at radius 3 is 2.71 bits per heavy atom. The zero-order chi connectivity index (χ0) is 17.1. The number of aliphatic hydroxyl groups excluding tert-OH is 1. The molecular weight excluding hydrogens is 326 g/mol. The molecule has 3 aromatic rings. The topological polar surface area (TPSA) is 66.6 Å². The number of nitrogens with zero attached hydrogens (tertiary/aromatic N) is 2. The van der Waals surface area contributed by atoms with Gasteiger partial charge in [-0.1, -0.05) is 48.0 Å². The van der Waals surface area contributed by atoms with Crippen LogP contribution in [0.5, 0.6) is 0 Å². The lowest BCUT2D eigenvalue weighted by molar-refractivity contribution is 0.0911. The monoisotopic (exact) mass is 343 g/mol. The van der Waals surface area contributed by atoms with Gasteiger partial charge in [0.2, 0.25) is 0 Å². The maximum absolute atomic E-state index is 12.5. The van der Waals surface area contributed by atoms with Crippen LogP contribution in [0.1, 0.15) is 35.5 Å². The van der Waals surface area contributed by atoms with E-state index in [2.05, 4.69) is 10.3 Å². The van der Waals surface area contributed by atoms with E-state index in [1.165, 1.54) is 0 Å². The van der Waals surface area contributed by atoms with Crippen molar-refractivity contribution in [2.45, 2.75) is 25.5 Å². The summed E-state index contributed by atoms with van der Waals surface area (Å²) in [5, 5.41) is 13.3. The van der Waals surface area contributed by atoms with Crippen LogP contribution >= 0.6 is 11.6 Å². The van der Waals surface area contributed by atoms with Crippen LogP contribution in [0.4, 0.5) is 0 Å². The Hall–Kier alpha value is -2.37. The van der Waals surface area contributed by atoms with Crippen molar-refractivity contribution in [2.75, 3.05) is 0 Å². The molecule has 1 aromatic carbocycles. The van der Waals surface area contributed by atoms with E-state index in [0.717, 1.165) is 5.56 Å². The Kier molecular flexibility index (Phi) is 4.83. The number of carbonyl (C=O) groups is 1. The maximum atomic E-state index is 12.5. The lowest BCUT2D eigenvalue weighted by atomic mass is 10.0. The molecule has 6 heteroatoms. The molecule has 24 heavy (non-hydrogen) atoms. The summed E-state index contributed by atoms with van der Waals surface area (Å²) in [6, 6.07) is 14.6. The number of nitrogens with one attached hydrogen (secondary N) is 1. The molecule has 0 aliphatic carbocycles. The summed E-state index contributed by atoms with van der Waals surface area (Å²) in [5.74, 6) is -0.313. The molecule has 0 aliphatic heterocycles. The first-order chi connectivity index (χ1) is 11.6. The fourth-order valence-electron chi connectivity index (χ4n) is 2.67. The van der Waals surface area contributed by atoms with Crippen LogP contribution in [0.3, 0.4) is 0 Å². The summed E-state index contributed by atoms with van der Waals surface area (Å²) in [4.78, 5) is 16.7. The maximum Gasteiger partial charge on any atom is 0.271 e. The molecule has 2 N–H and O–H groups in total. The van der Waals surface area contributed by atoms with Gasteiger partial charge in [0.05, 0.1) is 6.10 Å². The zero-order valence-corrected chi connectivity index (χ0v) is 13.9. The van der Waals surface area contributed by atoms with Crippen molar-refractivity contribution in [1.29, 1.82) is 0 Å². The van der Waals surface area contributed by atoms with Gasteiger partial charge < -0.3 is 10.4 Å². The summed E-state index contributed by atoms with van der Waals surface area (Å²) in [5.41, 5.74) is 1.74. The van der Waals surface area contributed by atoms with Crippen LogP contribution < -0.4 is 5.32 Å². The summed E-state index contributed by atoms with van der Waals surface area (Å²) in [6.45, 7) is 1.85. The molecule has 0 aliphatic rings. The van der Waals surface area contributed by atoms with Gasteiger partial charge in [-0.05, 0) is 31.0 Å². The quantitative estimate of drug-likeness (QED) is 0.747. The van der Waals surface area contributed by atoms with Crippen molar-refractivity contribution in [3.63, 3.8) is 0 Å². The molecule has 0 saturated heterocycles. The SMILES string of the molecule is CC(CC(O)c1ccccc1)NC(=O)c1c(Cl)nc2ccccn12. The first-order valence-corrected chi connectivity index (χ1v) is 8.10. The summed E-state index contributed by atoms with van der Waals surface area (Å²) < 4.78 is 1.65. The molecule has 0 radical (unpaired) electrons. The van der Waals surface area contributed by atoms with E-state index < -0.39 is 6.10 Å². The van der Waals surface area contributed by atoms with Gasteiger partial charge in [0.1, 0.15) is 5.65 Å². The van der Waals surface area contributed by atoms with Crippen LogP contribution in [-0.2, 0) is 0 Å². The Morgan fingerprint density at radius 2 is 1.96 bits per heavy atom. The number of aliphatic hydroxyl groups is 1. The molecule has 2 aromatic heterocycles. The van der Waals surface area contributed by atoms with Gasteiger partial charge in [-0.2, -0.15) is 0 Å². The van der Waals surface area contributed by atoms with Crippen LogP contribution in [-0.4, -0.2) is 26.4 Å². The van der Waals surface area contributed by atoms with Crippen LogP contribution in [0.2, 0.25) is 5.15 Å². The third-order valence-electron chi connectivity index (χ3n) is 3.84. The lowest BCUT2D eigenvalue weighted by Crippen LogP contribution is -2.34. The molecule has 2 heterocycles. The van der Waals surface area contributed by atoms with E-state index >= 15 is 0 Å². The fourth-order valence-corrected chi connectivity index (χ4v) is 2.93. The number of imidazole rings is 1. The van der Waals surface area contributed by atoms with Gasteiger partial charge >= 0.3 is 0 Å². The second-order valence-corrected chi connectivity index (χ2v) is 6.07. The van der Waals surface area contributed by atoms with Gasteiger partial charge in [-0.15, -0.1) is 0 Å². The molecule has 5 nitrogen and oxygen atoms in total. The highest BCUT2D eigenvalue weighted by molar-refractivity contribution is 6.32. The second kappa shape index (κ2) is 7.03. The van der Waals surface area contributed by atoms with Crippen molar-refractivity contribution in [1.82, 2.24) is 14.7 Å². The van der Waals surface area contributed by atoms with E-state index in [9.17, 15) is 9.90 Å². The summed E-state index contributed by atoms with van der Waals surface area (Å²) in [7, 11) is 0. The number of amides is 1. The van der Waals surface area contributed by atoms with Gasteiger partial charge in [0, 0.05) is 12.2 Å². The number of rotatable bonds is 5. The molecule has 0 fully saturated rings. The van der Waals surface area contributed by atoms with Crippen LogP contribution in [0.25, 0.3) is 5.65 Å². The lowest BCUT2D eigenvalue weighted by Gasteiger charge is -2.18. The van der Waals surface area contributed by atoms with E-state index in [-0.39, 0.29) is 17.1 Å². The van der Waals surface area contributed by atoms with Crippen LogP contribution in [0, 0.1) is 0 Å². The van der Waals surface area contributed by atoms with E-state index in [0.29, 0.717) is 17.8 Å². The highest BCUT2D eigenvalue weighted by Gasteiger charge is 2.20. The van der Waals surface area contributed by atoms with Gasteiger partial charge in [-0.3, -0.25) is 9.20 Å². The molecule has 0 saturated carbocycles. The van der Waals surface area contributed by atoms with E-state index in [4.69, 9.17) is 11.6 Å². The van der Waals surface area contributed by atoms with Crippen molar-refractivity contribution in [2.24, 2.45) is 0 Å². The molecule has 1 amide bonds. The Labute approximate surface area is 144 Å².